The molecule has 0 radical (unpaired) electrons. The zero-order valence-electron chi connectivity index (χ0n) is 13.3. The van der Waals surface area contributed by atoms with Crippen LogP contribution in [-0.2, 0) is 30.3 Å². The highest BCUT2D eigenvalue weighted by Crippen LogP contribution is 2.27. The van der Waals surface area contributed by atoms with Gasteiger partial charge >= 0.3 is 21.6 Å². The summed E-state index contributed by atoms with van der Waals surface area (Å²) in [6, 6.07) is 7.99. The van der Waals surface area contributed by atoms with Crippen molar-refractivity contribution in [1.29, 1.82) is 0 Å². The number of hydrogen-bond acceptors (Lipinski definition) is 5. The molecule has 0 saturated carbocycles. The average Bonchev–Trinajstić information content (AvgIpc) is 2.35. The van der Waals surface area contributed by atoms with Crippen molar-refractivity contribution in [1.82, 2.24) is 0 Å². The van der Waals surface area contributed by atoms with E-state index in [0.717, 1.165) is 0 Å². The second-order valence-corrected chi connectivity index (χ2v) is 7.33. The maximum absolute atomic E-state index is 12.5. The van der Waals surface area contributed by atoms with Crippen molar-refractivity contribution in [2.75, 3.05) is 0 Å². The Hall–Kier alpha value is -2.03. The second kappa shape index (κ2) is 7.25. The predicted octanol–water partition coefficient (Wildman–Crippen LogP) is 3.32. The fraction of sp³-hybridized carbons (Fsp3) is 0.400. The van der Waals surface area contributed by atoms with E-state index in [1.54, 1.807) is 51.1 Å². The Balaban J connectivity index is 3.10. The maximum Gasteiger partial charge on any atom is 0.534 e. The number of carbonyl (C=O) groups excluding carboxylic acids is 1. The number of halogens is 3. The monoisotopic (exact) mass is 366 g/mol. The van der Waals surface area contributed by atoms with E-state index in [9.17, 15) is 26.4 Å². The molecule has 0 atom stereocenters. The molecule has 0 fully saturated rings. The molecule has 24 heavy (non-hydrogen) atoms. The summed E-state index contributed by atoms with van der Waals surface area (Å²) in [4.78, 5) is 11.7. The lowest BCUT2D eigenvalue weighted by Crippen LogP contribution is -2.27. The first-order valence-electron chi connectivity index (χ1n) is 6.78. The van der Waals surface area contributed by atoms with E-state index in [4.69, 9.17) is 4.74 Å². The van der Waals surface area contributed by atoms with E-state index < -0.39 is 33.0 Å². The molecule has 1 aromatic rings. The lowest BCUT2D eigenvalue weighted by Gasteiger charge is -2.19. The average molecular weight is 366 g/mol. The Bertz CT molecular complexity index is 701. The summed E-state index contributed by atoms with van der Waals surface area (Å²) in [7, 11) is -5.88. The van der Waals surface area contributed by atoms with Gasteiger partial charge in [0, 0.05) is 6.42 Å². The molecule has 1 rings (SSSR count). The standard InChI is InChI=1S/C15H17F3O5S/c1-14(2,3)22-13(19)10-12(9-11-7-5-4-6-8-11)23-24(20,21)15(16,17)18/h4-8,10H,9H2,1-3H3/b12-10+. The molecule has 0 aliphatic carbocycles. The minimum absolute atomic E-state index is 0.324. The van der Waals surface area contributed by atoms with E-state index in [1.165, 1.54) is 0 Å². The number of allylic oxidation sites excluding steroid dienone is 1. The van der Waals surface area contributed by atoms with E-state index in [1.807, 2.05) is 0 Å². The Morgan fingerprint density at radius 2 is 1.67 bits per heavy atom. The molecule has 1 aromatic carbocycles. The Morgan fingerprint density at radius 3 is 2.12 bits per heavy atom. The van der Waals surface area contributed by atoms with Crippen LogP contribution in [-0.4, -0.2) is 25.5 Å². The lowest BCUT2D eigenvalue weighted by molar-refractivity contribution is -0.148. The number of hydrogen-bond donors (Lipinski definition) is 0. The fourth-order valence-electron chi connectivity index (χ4n) is 1.55. The van der Waals surface area contributed by atoms with Gasteiger partial charge < -0.3 is 8.92 Å². The van der Waals surface area contributed by atoms with Crippen molar-refractivity contribution < 1.29 is 35.3 Å². The van der Waals surface area contributed by atoms with Crippen molar-refractivity contribution in [3.8, 4) is 0 Å². The van der Waals surface area contributed by atoms with Crippen LogP contribution in [0.15, 0.2) is 42.2 Å². The van der Waals surface area contributed by atoms with Crippen LogP contribution in [0.1, 0.15) is 26.3 Å². The lowest BCUT2D eigenvalue weighted by atomic mass is 10.1. The third-order valence-electron chi connectivity index (χ3n) is 2.41. The van der Waals surface area contributed by atoms with Crippen molar-refractivity contribution in [3.63, 3.8) is 0 Å². The highest BCUT2D eigenvalue weighted by Gasteiger charge is 2.48. The Kier molecular flexibility index (Phi) is 6.04. The normalized spacial score (nSPS) is 13.5. The molecule has 9 heteroatoms. The van der Waals surface area contributed by atoms with Crippen LogP contribution in [0.25, 0.3) is 0 Å². The number of alkyl halides is 3. The molecular formula is C15H17F3O5S. The molecule has 0 bridgehead atoms. The number of ether oxygens (including phenoxy) is 1. The summed E-state index contributed by atoms with van der Waals surface area (Å²) >= 11 is 0. The first-order valence-corrected chi connectivity index (χ1v) is 8.19. The molecule has 0 aliphatic rings. The summed E-state index contributed by atoms with van der Waals surface area (Å²) < 4.78 is 68.8. The van der Waals surface area contributed by atoms with Gasteiger partial charge in [0.05, 0.1) is 6.08 Å². The molecule has 0 unspecified atom stereocenters. The van der Waals surface area contributed by atoms with Gasteiger partial charge in [-0.05, 0) is 26.3 Å². The van der Waals surface area contributed by atoms with Crippen LogP contribution in [0, 0.1) is 0 Å². The predicted molar refractivity (Wildman–Crippen MR) is 80.1 cm³/mol. The van der Waals surface area contributed by atoms with Crippen molar-refractivity contribution in [2.24, 2.45) is 0 Å². The first kappa shape index (κ1) is 20.0. The van der Waals surface area contributed by atoms with E-state index in [2.05, 4.69) is 4.18 Å². The molecule has 0 heterocycles. The molecular weight excluding hydrogens is 349 g/mol. The molecule has 0 N–H and O–H groups in total. The number of benzene rings is 1. The van der Waals surface area contributed by atoms with Crippen LogP contribution in [0.5, 0.6) is 0 Å². The van der Waals surface area contributed by atoms with E-state index in [0.29, 0.717) is 11.6 Å². The minimum atomic E-state index is -5.88. The highest BCUT2D eigenvalue weighted by atomic mass is 32.2. The summed E-state index contributed by atoms with van der Waals surface area (Å²) in [6.07, 6.45) is 0.275. The van der Waals surface area contributed by atoms with E-state index >= 15 is 0 Å². The van der Waals surface area contributed by atoms with Crippen LogP contribution in [0.2, 0.25) is 0 Å². The van der Waals surface area contributed by atoms with Crippen molar-refractivity contribution >= 4 is 16.1 Å². The van der Waals surface area contributed by atoms with Crippen molar-refractivity contribution in [3.05, 3.63) is 47.7 Å². The summed E-state index contributed by atoms with van der Waals surface area (Å²) in [5.74, 6) is -1.70. The van der Waals surface area contributed by atoms with Gasteiger partial charge in [0.15, 0.2) is 0 Å². The molecule has 5 nitrogen and oxygen atoms in total. The molecule has 0 saturated heterocycles. The molecule has 0 aliphatic heterocycles. The topological polar surface area (TPSA) is 69.7 Å². The SMILES string of the molecule is CC(C)(C)OC(=O)/C=C(\Cc1ccccc1)OS(=O)(=O)C(F)(F)F. The molecule has 0 aromatic heterocycles. The van der Waals surface area contributed by atoms with Gasteiger partial charge in [-0.25, -0.2) is 4.79 Å². The molecule has 134 valence electrons. The smallest absolute Gasteiger partial charge is 0.457 e. The van der Waals surface area contributed by atoms with Gasteiger partial charge in [-0.15, -0.1) is 0 Å². The second-order valence-electron chi connectivity index (χ2n) is 5.79. The largest absolute Gasteiger partial charge is 0.534 e. The van der Waals surface area contributed by atoms with Gasteiger partial charge in [-0.3, -0.25) is 0 Å². The van der Waals surface area contributed by atoms with Gasteiger partial charge in [-0.1, -0.05) is 30.3 Å². The van der Waals surface area contributed by atoms with Gasteiger partial charge in [0.1, 0.15) is 11.4 Å². The summed E-state index contributed by atoms with van der Waals surface area (Å²) in [5.41, 5.74) is -6.03. The number of carbonyl (C=O) groups is 1. The van der Waals surface area contributed by atoms with Gasteiger partial charge in [0.2, 0.25) is 0 Å². The highest BCUT2D eigenvalue weighted by molar-refractivity contribution is 7.87. The zero-order valence-corrected chi connectivity index (χ0v) is 14.1. The summed E-state index contributed by atoms with van der Waals surface area (Å²) in [6.45, 7) is 4.68. The van der Waals surface area contributed by atoms with Gasteiger partial charge in [-0.2, -0.15) is 21.6 Å². The fourth-order valence-corrected chi connectivity index (χ4v) is 2.04. The third-order valence-corrected chi connectivity index (χ3v) is 3.41. The van der Waals surface area contributed by atoms with E-state index in [-0.39, 0.29) is 6.42 Å². The molecule has 0 amide bonds. The quantitative estimate of drug-likeness (QED) is 0.263. The van der Waals surface area contributed by atoms with Crippen LogP contribution in [0.4, 0.5) is 13.2 Å². The first-order chi connectivity index (χ1) is 10.8. The number of rotatable bonds is 5. The number of esters is 1. The maximum atomic E-state index is 12.5. The zero-order chi connectivity index (χ0) is 18.6. The summed E-state index contributed by atoms with van der Waals surface area (Å²) in [5, 5.41) is 0. The van der Waals surface area contributed by atoms with Gasteiger partial charge in [0.25, 0.3) is 0 Å². The van der Waals surface area contributed by atoms with Crippen LogP contribution >= 0.6 is 0 Å². The van der Waals surface area contributed by atoms with Crippen LogP contribution in [0.3, 0.4) is 0 Å². The third kappa shape index (κ3) is 6.61. The van der Waals surface area contributed by atoms with Crippen LogP contribution < -0.4 is 0 Å². The Morgan fingerprint density at radius 1 is 1.12 bits per heavy atom. The Labute approximate surface area is 138 Å². The minimum Gasteiger partial charge on any atom is -0.457 e. The van der Waals surface area contributed by atoms with Crippen molar-refractivity contribution in [2.45, 2.75) is 38.3 Å². The molecule has 0 spiro atoms.